The molecule has 0 saturated carbocycles. The van der Waals surface area contributed by atoms with Crippen molar-refractivity contribution in [1.29, 1.82) is 0 Å². The summed E-state index contributed by atoms with van der Waals surface area (Å²) in [6, 6.07) is 20.5. The summed E-state index contributed by atoms with van der Waals surface area (Å²) in [5.74, 6) is -3.49. The second kappa shape index (κ2) is 21.3. The molecule has 2 aliphatic heterocycles. The van der Waals surface area contributed by atoms with Crippen LogP contribution in [0.1, 0.15) is 27.7 Å². The number of nitrogens with two attached hydrogens (primary N) is 1. The minimum atomic E-state index is -3.71. The molecule has 2 aromatic carbocycles. The molecule has 22 heteroatoms. The average molecular weight is 889 g/mol. The van der Waals surface area contributed by atoms with Crippen molar-refractivity contribution in [1.82, 2.24) is 34.3 Å². The molecule has 3 atom stereocenters. The summed E-state index contributed by atoms with van der Waals surface area (Å²) in [6.07, 6.45) is 1.24. The van der Waals surface area contributed by atoms with Crippen LogP contribution in [0.15, 0.2) is 96.3 Å². The number of pyridine rings is 1. The molecular weight excluding hydrogens is 842 g/mol. The number of ether oxygens (including phenoxy) is 1. The van der Waals surface area contributed by atoms with Crippen LogP contribution in [0.25, 0.3) is 11.3 Å². The number of hydrogen-bond acceptors (Lipinski definition) is 15. The van der Waals surface area contributed by atoms with Gasteiger partial charge in [0.15, 0.2) is 6.10 Å². The zero-order valence-corrected chi connectivity index (χ0v) is 34.9. The molecule has 5 heterocycles. The van der Waals surface area contributed by atoms with Crippen LogP contribution in [0.2, 0.25) is 0 Å². The monoisotopic (exact) mass is 888 g/mol. The highest BCUT2D eigenvalue weighted by molar-refractivity contribution is 7.85. The highest BCUT2D eigenvalue weighted by atomic mass is 35.5. The van der Waals surface area contributed by atoms with E-state index in [1.54, 1.807) is 18.6 Å². The lowest BCUT2D eigenvalue weighted by Gasteiger charge is -2.32. The standard InChI is InChI=1S/C29H31N7O.C9H11F2N3O4.CH4O3S.ClH/c1-21-5-10-25(18-27(21)34-29-31-13-11-26(33-29)24-4-3-12-30-19-24)32-28(37)23-8-6-22(7-9-23)20-36-16-14-35(2)15-17-36;10-9(11)6(16)4(3-15)18-7(9)14-2-1-5(12)13-8(14)17;1-5(2,3)4;/h3-13,18-19H,14-17,20H2,1-2H3,(H,32,37)(H,31,33,34);1-2,4,6-7,15-16H,3H2,(H2,12,13,17);1H3,(H,2,3,4);1H/t;4-,6-,7-;;/m.1../s1. The number of anilines is 4. The third-order valence-corrected chi connectivity index (χ3v) is 9.24. The number of nitrogens with zero attached hydrogens (tertiary/aromatic N) is 7. The number of nitrogens with one attached hydrogen (secondary N) is 2. The molecule has 328 valence electrons. The molecule has 61 heavy (non-hydrogen) atoms. The third-order valence-electron chi connectivity index (χ3n) is 9.24. The molecule has 0 aliphatic carbocycles. The first-order chi connectivity index (χ1) is 28.4. The summed E-state index contributed by atoms with van der Waals surface area (Å²) >= 11 is 0. The van der Waals surface area contributed by atoms with Crippen molar-refractivity contribution in [3.05, 3.63) is 119 Å². The van der Waals surface area contributed by atoms with E-state index in [9.17, 15) is 31.9 Å². The first-order valence-electron chi connectivity index (χ1n) is 18.4. The highest BCUT2D eigenvalue weighted by Crippen LogP contribution is 2.42. The van der Waals surface area contributed by atoms with Gasteiger partial charge in [-0.15, -0.1) is 12.4 Å². The number of hydrogen-bond donors (Lipinski definition) is 6. The minimum Gasteiger partial charge on any atom is -0.394 e. The van der Waals surface area contributed by atoms with E-state index < -0.39 is 46.8 Å². The van der Waals surface area contributed by atoms with Gasteiger partial charge in [0, 0.05) is 80.0 Å². The molecule has 18 nitrogen and oxygen atoms in total. The number of aryl methyl sites for hydroxylation is 1. The van der Waals surface area contributed by atoms with E-state index in [0.29, 0.717) is 28.0 Å². The van der Waals surface area contributed by atoms with E-state index in [4.69, 9.17) is 20.1 Å². The first kappa shape index (κ1) is 48.1. The molecule has 5 aromatic rings. The van der Waals surface area contributed by atoms with Gasteiger partial charge in [0.2, 0.25) is 12.2 Å². The molecule has 0 bridgehead atoms. The van der Waals surface area contributed by atoms with Crippen LogP contribution in [0.5, 0.6) is 0 Å². The smallest absolute Gasteiger partial charge is 0.351 e. The van der Waals surface area contributed by atoms with E-state index in [2.05, 4.69) is 47.4 Å². The summed E-state index contributed by atoms with van der Waals surface area (Å²) in [5.41, 5.74) is 10.3. The Morgan fingerprint density at radius 2 is 1.72 bits per heavy atom. The van der Waals surface area contributed by atoms with Crippen LogP contribution in [-0.4, -0.2) is 128 Å². The Labute approximate surface area is 356 Å². The van der Waals surface area contributed by atoms with Crippen molar-refractivity contribution in [2.45, 2.75) is 37.8 Å². The van der Waals surface area contributed by atoms with Crippen molar-refractivity contribution >= 4 is 51.6 Å². The highest BCUT2D eigenvalue weighted by Gasteiger charge is 2.59. The van der Waals surface area contributed by atoms with Crippen molar-refractivity contribution in [3.8, 4) is 11.3 Å². The molecule has 1 amide bonds. The van der Waals surface area contributed by atoms with Crippen LogP contribution < -0.4 is 22.1 Å². The summed E-state index contributed by atoms with van der Waals surface area (Å²) in [4.78, 5) is 45.6. The quantitative estimate of drug-likeness (QED) is 0.116. The Morgan fingerprint density at radius 1 is 1.03 bits per heavy atom. The number of alkyl halides is 2. The Kier molecular flexibility index (Phi) is 16.8. The fourth-order valence-corrected chi connectivity index (χ4v) is 6.00. The maximum atomic E-state index is 13.7. The Morgan fingerprint density at radius 3 is 2.33 bits per heavy atom. The maximum Gasteiger partial charge on any atom is 0.351 e. The van der Waals surface area contributed by atoms with Gasteiger partial charge in [0.1, 0.15) is 11.9 Å². The van der Waals surface area contributed by atoms with Crippen molar-refractivity contribution < 1.29 is 41.5 Å². The van der Waals surface area contributed by atoms with Gasteiger partial charge in [-0.05, 0) is 73.6 Å². The SMILES string of the molecule is CS(=O)(=O)O.Cc1ccc(NC(=O)c2ccc(CN3CCN(C)CC3)cc2)cc1Nc1nccc(-c2cccnc2)n1.Cl.Nc1ccn([C@@H]2O[C@H](CO)[C@@H](O)C2(F)F)c(=O)n1. The molecule has 2 fully saturated rings. The average Bonchev–Trinajstić information content (AvgIpc) is 3.44. The van der Waals surface area contributed by atoms with Gasteiger partial charge >= 0.3 is 11.6 Å². The molecule has 2 saturated heterocycles. The lowest BCUT2D eigenvalue weighted by molar-refractivity contribution is -0.140. The summed E-state index contributed by atoms with van der Waals surface area (Å²) in [6.45, 7) is 6.45. The summed E-state index contributed by atoms with van der Waals surface area (Å²) in [5, 5.41) is 24.4. The normalized spacial score (nSPS) is 18.7. The summed E-state index contributed by atoms with van der Waals surface area (Å²) in [7, 11) is -1.51. The van der Waals surface area contributed by atoms with Gasteiger partial charge in [0.05, 0.1) is 18.6 Å². The van der Waals surface area contributed by atoms with Gasteiger partial charge in [-0.1, -0.05) is 18.2 Å². The van der Waals surface area contributed by atoms with Gasteiger partial charge in [0.25, 0.3) is 16.0 Å². The molecule has 0 spiro atoms. The van der Waals surface area contributed by atoms with Crippen molar-refractivity contribution in [3.63, 3.8) is 0 Å². The molecule has 2 aliphatic rings. The first-order valence-corrected chi connectivity index (χ1v) is 20.3. The Hall–Kier alpha value is -5.52. The number of aliphatic hydroxyl groups is 2. The van der Waals surface area contributed by atoms with Crippen LogP contribution in [0.3, 0.4) is 0 Å². The second-order valence-corrected chi connectivity index (χ2v) is 15.5. The number of carbonyl (C=O) groups is 1. The Balaban J connectivity index is 0.000000284. The molecule has 0 unspecified atom stereocenters. The number of amides is 1. The summed E-state index contributed by atoms with van der Waals surface area (Å²) < 4.78 is 58.6. The third kappa shape index (κ3) is 13.7. The number of halogens is 3. The number of benzene rings is 2. The second-order valence-electron chi connectivity index (χ2n) is 14.0. The Bertz CT molecular complexity index is 2390. The van der Waals surface area contributed by atoms with Crippen LogP contribution in [0, 0.1) is 6.92 Å². The number of rotatable bonds is 9. The lowest BCUT2D eigenvalue weighted by atomic mass is 10.1. The number of aromatic nitrogens is 5. The fourth-order valence-electron chi connectivity index (χ4n) is 6.00. The van der Waals surface area contributed by atoms with Crippen molar-refractivity contribution in [2.24, 2.45) is 0 Å². The predicted molar refractivity (Wildman–Crippen MR) is 226 cm³/mol. The van der Waals surface area contributed by atoms with Crippen molar-refractivity contribution in [2.75, 3.05) is 62.5 Å². The topological polar surface area (TPSA) is 251 Å². The van der Waals surface area contributed by atoms with Gasteiger partial charge in [-0.25, -0.2) is 14.8 Å². The van der Waals surface area contributed by atoms with E-state index in [1.807, 2.05) is 67.6 Å². The largest absolute Gasteiger partial charge is 0.394 e. The van der Waals surface area contributed by atoms with E-state index in [0.717, 1.165) is 67.5 Å². The molecule has 3 aromatic heterocycles. The number of carbonyl (C=O) groups excluding carboxylic acids is 1. The number of likely N-dealkylation sites (N-methyl/N-ethyl adjacent to an activating group) is 1. The van der Waals surface area contributed by atoms with Gasteiger partial charge < -0.3 is 36.2 Å². The number of nitrogen functional groups attached to an aromatic ring is 1. The zero-order valence-electron chi connectivity index (χ0n) is 33.3. The molecule has 0 radical (unpaired) electrons. The van der Waals surface area contributed by atoms with Crippen LogP contribution in [-0.2, 0) is 21.4 Å². The van der Waals surface area contributed by atoms with E-state index in [-0.39, 0.29) is 24.1 Å². The van der Waals surface area contributed by atoms with E-state index >= 15 is 0 Å². The number of piperazine rings is 1. The lowest BCUT2D eigenvalue weighted by Crippen LogP contribution is -2.43. The molecule has 7 N–H and O–H groups in total. The molecular formula is C39H47ClF2N10O8S. The van der Waals surface area contributed by atoms with E-state index in [1.165, 1.54) is 5.56 Å². The number of aliphatic hydroxyl groups excluding tert-OH is 2. The fraction of sp³-hybridized carbons (Fsp3) is 0.333. The maximum absolute atomic E-state index is 13.7. The predicted octanol–water partition coefficient (Wildman–Crippen LogP) is 3.23. The van der Waals surface area contributed by atoms with Crippen LogP contribution in [0.4, 0.5) is 31.9 Å². The zero-order chi connectivity index (χ0) is 43.6. The van der Waals surface area contributed by atoms with Gasteiger partial charge in [-0.3, -0.25) is 23.8 Å². The molecule has 7 rings (SSSR count). The minimum absolute atomic E-state index is 0. The van der Waals surface area contributed by atoms with Gasteiger partial charge in [-0.2, -0.15) is 22.2 Å². The van der Waals surface area contributed by atoms with Crippen LogP contribution >= 0.6 is 12.4 Å².